The second-order valence-electron chi connectivity index (χ2n) is 12.7. The Morgan fingerprint density at radius 3 is 1.67 bits per heavy atom. The minimum absolute atomic E-state index is 0.545. The van der Waals surface area contributed by atoms with Gasteiger partial charge in [-0.2, -0.15) is 5.26 Å². The number of hydrogen-bond acceptors (Lipinski definition) is 5. The van der Waals surface area contributed by atoms with Crippen LogP contribution in [0.15, 0.2) is 182 Å². The summed E-state index contributed by atoms with van der Waals surface area (Å²) in [5.74, 6) is 3.22. The average Bonchev–Trinajstić information content (AvgIpc) is 3.23. The third kappa shape index (κ3) is 5.22. The Morgan fingerprint density at radius 1 is 0.442 bits per heavy atom. The molecule has 244 valence electrons. The number of benzene rings is 7. The summed E-state index contributed by atoms with van der Waals surface area (Å²) in [7, 11) is 0. The van der Waals surface area contributed by atoms with Gasteiger partial charge in [0, 0.05) is 27.8 Å². The molecule has 0 fully saturated rings. The van der Waals surface area contributed by atoms with Gasteiger partial charge < -0.3 is 4.74 Å². The number of nitrogens with zero attached hydrogens (tertiary/aromatic N) is 4. The number of aromatic nitrogens is 3. The van der Waals surface area contributed by atoms with E-state index in [1.54, 1.807) is 0 Å². The monoisotopic (exact) mass is 666 g/mol. The molecular formula is C47H30N4O. The van der Waals surface area contributed by atoms with Crippen molar-refractivity contribution >= 4 is 0 Å². The fraction of sp³-hybridized carbons (Fsp3) is 0.0213. The quantitative estimate of drug-likeness (QED) is 0.177. The first kappa shape index (κ1) is 30.9. The highest BCUT2D eigenvalue weighted by Crippen LogP contribution is 2.57. The van der Waals surface area contributed by atoms with Gasteiger partial charge in [0.25, 0.3) is 0 Å². The van der Waals surface area contributed by atoms with Crippen LogP contribution < -0.4 is 4.74 Å². The van der Waals surface area contributed by atoms with Crippen molar-refractivity contribution in [2.24, 2.45) is 0 Å². The van der Waals surface area contributed by atoms with E-state index in [-0.39, 0.29) is 0 Å². The van der Waals surface area contributed by atoms with Crippen LogP contribution in [-0.4, -0.2) is 15.0 Å². The van der Waals surface area contributed by atoms with Gasteiger partial charge in [0.1, 0.15) is 11.5 Å². The number of para-hydroxylation sites is 1. The van der Waals surface area contributed by atoms with Crippen molar-refractivity contribution < 1.29 is 4.74 Å². The average molecular weight is 667 g/mol. The molecule has 0 amide bonds. The third-order valence-electron chi connectivity index (χ3n) is 9.70. The number of nitriles is 1. The molecule has 0 unspecified atom stereocenters. The molecule has 1 aliphatic heterocycles. The van der Waals surface area contributed by atoms with Crippen molar-refractivity contribution in [3.63, 3.8) is 0 Å². The molecule has 0 N–H and O–H groups in total. The lowest BCUT2D eigenvalue weighted by atomic mass is 9.62. The van der Waals surface area contributed by atoms with E-state index in [2.05, 4.69) is 97.1 Å². The lowest BCUT2D eigenvalue weighted by molar-refractivity contribution is 0.435. The van der Waals surface area contributed by atoms with Gasteiger partial charge in [-0.15, -0.1) is 0 Å². The van der Waals surface area contributed by atoms with E-state index in [1.165, 1.54) is 0 Å². The van der Waals surface area contributed by atoms with E-state index >= 15 is 0 Å². The molecule has 0 spiro atoms. The minimum Gasteiger partial charge on any atom is -0.457 e. The largest absolute Gasteiger partial charge is 0.457 e. The standard InChI is InChI=1S/C47H30N4O/c48-31-32-26-28-33(29-27-32)35-16-12-17-36(30-35)45-49-44(34-14-4-1-5-15-34)50-46(51-45)39-22-13-25-42-43(39)47(37-18-6-2-7-19-37,38-20-8-3-9-21-38)40-23-10-11-24-41(40)52-42/h1-30H. The molecule has 9 rings (SSSR count). The summed E-state index contributed by atoms with van der Waals surface area (Å²) in [5, 5.41) is 9.34. The fourth-order valence-electron chi connectivity index (χ4n) is 7.37. The first-order valence-electron chi connectivity index (χ1n) is 17.2. The zero-order valence-electron chi connectivity index (χ0n) is 28.0. The molecule has 0 bridgehead atoms. The maximum absolute atomic E-state index is 9.34. The zero-order chi connectivity index (χ0) is 34.9. The summed E-state index contributed by atoms with van der Waals surface area (Å²) < 4.78 is 6.76. The highest BCUT2D eigenvalue weighted by molar-refractivity contribution is 5.80. The van der Waals surface area contributed by atoms with Crippen molar-refractivity contribution in [2.45, 2.75) is 5.41 Å². The van der Waals surface area contributed by atoms with Crippen LogP contribution in [-0.2, 0) is 5.41 Å². The van der Waals surface area contributed by atoms with Crippen molar-refractivity contribution in [1.29, 1.82) is 5.26 Å². The van der Waals surface area contributed by atoms with E-state index in [4.69, 9.17) is 19.7 Å². The molecule has 0 aliphatic carbocycles. The van der Waals surface area contributed by atoms with Crippen LogP contribution in [0.5, 0.6) is 11.5 Å². The first-order valence-corrected chi connectivity index (χ1v) is 17.2. The number of hydrogen-bond donors (Lipinski definition) is 0. The van der Waals surface area contributed by atoms with E-state index < -0.39 is 5.41 Å². The van der Waals surface area contributed by atoms with Crippen LogP contribution in [0.2, 0.25) is 0 Å². The number of rotatable bonds is 6. The van der Waals surface area contributed by atoms with Crippen molar-refractivity contribution in [3.05, 3.63) is 210 Å². The van der Waals surface area contributed by atoms with E-state index in [0.717, 1.165) is 61.6 Å². The van der Waals surface area contributed by atoms with Gasteiger partial charge in [0.05, 0.1) is 17.0 Å². The second kappa shape index (κ2) is 12.9. The Kier molecular flexibility index (Phi) is 7.68. The first-order chi connectivity index (χ1) is 25.7. The van der Waals surface area contributed by atoms with Crippen LogP contribution in [0.1, 0.15) is 27.8 Å². The van der Waals surface area contributed by atoms with Crippen LogP contribution in [0.4, 0.5) is 0 Å². The molecule has 0 saturated carbocycles. The van der Waals surface area contributed by atoms with Crippen LogP contribution in [0.3, 0.4) is 0 Å². The van der Waals surface area contributed by atoms with Crippen LogP contribution in [0, 0.1) is 11.3 Å². The maximum atomic E-state index is 9.34. The predicted octanol–water partition coefficient (Wildman–Crippen LogP) is 10.9. The van der Waals surface area contributed by atoms with Crippen LogP contribution in [0.25, 0.3) is 45.3 Å². The second-order valence-corrected chi connectivity index (χ2v) is 12.7. The molecular weight excluding hydrogens is 637 g/mol. The minimum atomic E-state index is -0.751. The normalized spacial score (nSPS) is 12.5. The third-order valence-corrected chi connectivity index (χ3v) is 9.70. The zero-order valence-corrected chi connectivity index (χ0v) is 28.0. The molecule has 7 aromatic carbocycles. The maximum Gasteiger partial charge on any atom is 0.164 e. The highest BCUT2D eigenvalue weighted by atomic mass is 16.5. The Labute approximate surface area is 302 Å². The highest BCUT2D eigenvalue weighted by Gasteiger charge is 2.47. The van der Waals surface area contributed by atoms with Gasteiger partial charge in [-0.05, 0) is 52.6 Å². The SMILES string of the molecule is N#Cc1ccc(-c2cccc(-c3nc(-c4ccccc4)nc(-c4cccc5c4C(c4ccccc4)(c4ccccc4)c4ccccc4O5)n3)c2)cc1. The molecule has 2 heterocycles. The smallest absolute Gasteiger partial charge is 0.164 e. The number of ether oxygens (including phenoxy) is 1. The number of fused-ring (bicyclic) bond motifs is 2. The van der Waals surface area contributed by atoms with Gasteiger partial charge >= 0.3 is 0 Å². The molecule has 0 radical (unpaired) electrons. The Bertz CT molecular complexity index is 2560. The molecule has 5 heteroatoms. The Hall–Kier alpha value is -7.16. The Balaban J connectivity index is 1.32. The molecule has 1 aromatic heterocycles. The van der Waals surface area contributed by atoms with E-state index in [9.17, 15) is 5.26 Å². The van der Waals surface area contributed by atoms with Gasteiger partial charge in [-0.1, -0.05) is 152 Å². The Morgan fingerprint density at radius 2 is 0.981 bits per heavy atom. The van der Waals surface area contributed by atoms with Crippen molar-refractivity contribution in [2.75, 3.05) is 0 Å². The van der Waals surface area contributed by atoms with E-state index in [0.29, 0.717) is 23.0 Å². The fourth-order valence-corrected chi connectivity index (χ4v) is 7.37. The molecule has 0 atom stereocenters. The van der Waals surface area contributed by atoms with E-state index in [1.807, 2.05) is 91.0 Å². The summed E-state index contributed by atoms with van der Waals surface area (Å²) in [5.41, 5.74) is 8.69. The van der Waals surface area contributed by atoms with Crippen molar-refractivity contribution in [1.82, 2.24) is 15.0 Å². The van der Waals surface area contributed by atoms with Gasteiger partial charge in [-0.3, -0.25) is 0 Å². The summed E-state index contributed by atoms with van der Waals surface area (Å²) in [4.78, 5) is 15.5. The molecule has 5 nitrogen and oxygen atoms in total. The molecule has 8 aromatic rings. The van der Waals surface area contributed by atoms with Crippen molar-refractivity contribution in [3.8, 4) is 62.9 Å². The van der Waals surface area contributed by atoms with Gasteiger partial charge in [0.2, 0.25) is 0 Å². The lowest BCUT2D eigenvalue weighted by Crippen LogP contribution is -2.35. The predicted molar refractivity (Wildman–Crippen MR) is 205 cm³/mol. The molecule has 52 heavy (non-hydrogen) atoms. The lowest BCUT2D eigenvalue weighted by Gasteiger charge is -2.42. The van der Waals surface area contributed by atoms with Crippen LogP contribution >= 0.6 is 0 Å². The summed E-state index contributed by atoms with van der Waals surface area (Å²) in [6.45, 7) is 0. The van der Waals surface area contributed by atoms with Gasteiger partial charge in [0.15, 0.2) is 17.5 Å². The summed E-state index contributed by atoms with van der Waals surface area (Å²) in [6, 6.07) is 63.7. The molecule has 1 aliphatic rings. The molecule has 0 saturated heterocycles. The topological polar surface area (TPSA) is 71.7 Å². The summed E-state index contributed by atoms with van der Waals surface area (Å²) >= 11 is 0. The summed E-state index contributed by atoms with van der Waals surface area (Å²) in [6.07, 6.45) is 0. The van der Waals surface area contributed by atoms with Gasteiger partial charge in [-0.25, -0.2) is 15.0 Å².